The van der Waals surface area contributed by atoms with Crippen LogP contribution in [0.3, 0.4) is 0 Å². The van der Waals surface area contributed by atoms with Crippen LogP contribution >= 0.6 is 15.9 Å². The average molecular weight is 690 g/mol. The Morgan fingerprint density at radius 1 is 1.00 bits per heavy atom. The molecule has 1 saturated heterocycles. The molecule has 1 aliphatic carbocycles. The molecule has 1 aromatic heterocycles. The van der Waals surface area contributed by atoms with Gasteiger partial charge >= 0.3 is 0 Å². The van der Waals surface area contributed by atoms with Gasteiger partial charge in [0.1, 0.15) is 5.69 Å². The zero-order valence-corrected chi connectivity index (χ0v) is 29.3. The second-order valence-electron chi connectivity index (χ2n) is 14.1. The van der Waals surface area contributed by atoms with Crippen LogP contribution in [0.5, 0.6) is 0 Å². The second kappa shape index (κ2) is 17.5. The van der Waals surface area contributed by atoms with Gasteiger partial charge in [-0.25, -0.2) is 4.98 Å². The largest absolute Gasteiger partial charge is 0.392 e. The molecule has 3 N–H and O–H groups in total. The van der Waals surface area contributed by atoms with E-state index in [1.807, 2.05) is 36.4 Å². The van der Waals surface area contributed by atoms with Crippen LogP contribution in [0.15, 0.2) is 54.4 Å². The Morgan fingerprint density at radius 3 is 2.61 bits per heavy atom. The molecule has 1 amide bonds. The van der Waals surface area contributed by atoms with E-state index in [1.54, 1.807) is 6.20 Å². The Labute approximate surface area is 285 Å². The molecular formula is C39H53BrN4O2. The highest BCUT2D eigenvalue weighted by molar-refractivity contribution is 9.10. The number of nitrogens with one attached hydrogen (secondary N) is 2. The number of halogens is 1. The van der Waals surface area contributed by atoms with Gasteiger partial charge in [-0.1, -0.05) is 85.3 Å². The number of carbonyl (C=O) groups is 1. The molecule has 0 radical (unpaired) electrons. The van der Waals surface area contributed by atoms with Crippen molar-refractivity contribution in [2.45, 2.75) is 126 Å². The summed E-state index contributed by atoms with van der Waals surface area (Å²) in [5.74, 6) is 7.34. The summed E-state index contributed by atoms with van der Waals surface area (Å²) in [6.07, 6.45) is 22.1. The van der Waals surface area contributed by atoms with Crippen LogP contribution < -0.4 is 10.6 Å². The molecule has 1 aromatic carbocycles. The first-order chi connectivity index (χ1) is 22.3. The van der Waals surface area contributed by atoms with Crippen molar-refractivity contribution >= 4 is 27.5 Å². The SMILES string of the molecule is CC1(Br)CCCCCCC2CCCC(CCC1)CC/C(C#Cc1cc(NC(=O)c3ccc(CN4CC[C@@H](O)C4)cc3)ccn1)=C\N2. The van der Waals surface area contributed by atoms with E-state index in [-0.39, 0.29) is 16.3 Å². The van der Waals surface area contributed by atoms with Crippen LogP contribution in [0, 0.1) is 17.8 Å². The molecule has 5 rings (SSSR count). The Hall–Kier alpha value is -2.66. The van der Waals surface area contributed by atoms with Gasteiger partial charge in [-0.2, -0.15) is 0 Å². The quantitative estimate of drug-likeness (QED) is 0.222. The summed E-state index contributed by atoms with van der Waals surface area (Å²) < 4.78 is 0.275. The standard InChI is InChI=1S/C39H53BrN4O2/c1-39(40)22-5-3-2-4-10-34-11-6-8-30(9-7-23-39)12-13-31(27-42-34)16-19-35-26-36(20-24-41-35)43-38(46)33-17-14-32(15-18-33)28-44-25-21-37(45)29-44/h14-15,17-18,20,24,26-27,30,34,37,42,45H,2-13,21-23,25,28-29H2,1H3,(H,41,43,46)/b31-27+/t30?,34?,37-,39?/m1/s1. The number of carbonyl (C=O) groups excluding carboxylic acids is 1. The van der Waals surface area contributed by atoms with Gasteiger partial charge < -0.3 is 15.7 Å². The lowest BCUT2D eigenvalue weighted by Gasteiger charge is -2.25. The lowest BCUT2D eigenvalue weighted by atomic mass is 9.87. The van der Waals surface area contributed by atoms with Gasteiger partial charge in [-0.3, -0.25) is 9.69 Å². The monoisotopic (exact) mass is 688 g/mol. The van der Waals surface area contributed by atoms with Crippen LogP contribution in [0.2, 0.25) is 0 Å². The summed E-state index contributed by atoms with van der Waals surface area (Å²) in [5.41, 5.74) is 4.24. The fourth-order valence-corrected chi connectivity index (χ4v) is 7.73. The van der Waals surface area contributed by atoms with Gasteiger partial charge in [-0.05, 0) is 93.5 Å². The molecule has 6 nitrogen and oxygen atoms in total. The van der Waals surface area contributed by atoms with E-state index >= 15 is 0 Å². The van der Waals surface area contributed by atoms with E-state index in [0.29, 0.717) is 29.5 Å². The minimum Gasteiger partial charge on any atom is -0.392 e. The predicted molar refractivity (Wildman–Crippen MR) is 192 cm³/mol. The number of allylic oxidation sites excluding steroid dienone is 1. The third-order valence-electron chi connectivity index (χ3n) is 10.0. The van der Waals surface area contributed by atoms with E-state index in [9.17, 15) is 9.90 Å². The van der Waals surface area contributed by atoms with E-state index in [2.05, 4.69) is 61.4 Å². The van der Waals surface area contributed by atoms with Crippen molar-refractivity contribution in [1.29, 1.82) is 0 Å². The third kappa shape index (κ3) is 11.5. The molecule has 3 unspecified atom stereocenters. The number of aliphatic hydroxyl groups excluding tert-OH is 1. The number of aromatic nitrogens is 1. The summed E-state index contributed by atoms with van der Waals surface area (Å²) in [5, 5.41) is 16.6. The van der Waals surface area contributed by atoms with Gasteiger partial charge in [-0.15, -0.1) is 0 Å². The van der Waals surface area contributed by atoms with Gasteiger partial charge in [0.2, 0.25) is 0 Å². The van der Waals surface area contributed by atoms with Crippen LogP contribution in [0.25, 0.3) is 0 Å². The zero-order chi connectivity index (χ0) is 32.2. The van der Waals surface area contributed by atoms with Crippen molar-refractivity contribution in [3.05, 3.63) is 71.2 Å². The molecule has 7 heteroatoms. The minimum absolute atomic E-state index is 0.153. The van der Waals surface area contributed by atoms with Gasteiger partial charge in [0.15, 0.2) is 0 Å². The van der Waals surface area contributed by atoms with Crippen LogP contribution in [0.4, 0.5) is 5.69 Å². The number of nitrogens with zero attached hydrogens (tertiary/aromatic N) is 2. The third-order valence-corrected chi connectivity index (χ3v) is 10.8. The summed E-state index contributed by atoms with van der Waals surface area (Å²) >= 11 is 4.05. The van der Waals surface area contributed by atoms with Crippen molar-refractivity contribution in [1.82, 2.24) is 15.2 Å². The smallest absolute Gasteiger partial charge is 0.255 e. The number of hydrogen-bond acceptors (Lipinski definition) is 5. The predicted octanol–water partition coefficient (Wildman–Crippen LogP) is 8.35. The number of aliphatic hydroxyl groups is 1. The fourth-order valence-electron chi connectivity index (χ4n) is 7.17. The minimum atomic E-state index is -0.229. The van der Waals surface area contributed by atoms with E-state index in [4.69, 9.17) is 0 Å². The average Bonchev–Trinajstić information content (AvgIpc) is 3.45. The highest BCUT2D eigenvalue weighted by Crippen LogP contribution is 2.34. The number of anilines is 1. The van der Waals surface area contributed by atoms with Gasteiger partial charge in [0.05, 0.1) is 6.10 Å². The summed E-state index contributed by atoms with van der Waals surface area (Å²) in [6, 6.07) is 11.9. The number of benzene rings is 1. The van der Waals surface area contributed by atoms with E-state index in [0.717, 1.165) is 43.0 Å². The van der Waals surface area contributed by atoms with Crippen LogP contribution in [-0.2, 0) is 6.54 Å². The van der Waals surface area contributed by atoms with Crippen molar-refractivity contribution < 1.29 is 9.90 Å². The molecule has 3 heterocycles. The van der Waals surface area contributed by atoms with Crippen molar-refractivity contribution in [3.8, 4) is 11.8 Å². The van der Waals surface area contributed by atoms with Gasteiger partial charge in [0.25, 0.3) is 5.91 Å². The second-order valence-corrected chi connectivity index (χ2v) is 16.1. The number of amides is 1. The molecule has 0 spiro atoms. The number of likely N-dealkylation sites (tertiary alicyclic amines) is 1. The maximum atomic E-state index is 13.0. The highest BCUT2D eigenvalue weighted by atomic mass is 79.9. The van der Waals surface area contributed by atoms with Crippen molar-refractivity contribution in [2.75, 3.05) is 18.4 Å². The van der Waals surface area contributed by atoms with Crippen LogP contribution in [-0.4, -0.2) is 50.5 Å². The molecule has 2 aromatic rings. The summed E-state index contributed by atoms with van der Waals surface area (Å²) in [6.45, 7) is 4.79. The topological polar surface area (TPSA) is 77.5 Å². The summed E-state index contributed by atoms with van der Waals surface area (Å²) in [4.78, 5) is 19.8. The number of β-amino-alcohol motifs (C(OH)–C–C–N with tert-alkyl or cyclic N) is 1. The van der Waals surface area contributed by atoms with Crippen molar-refractivity contribution in [3.63, 3.8) is 0 Å². The molecule has 2 aliphatic heterocycles. The Balaban J connectivity index is 1.21. The Morgan fingerprint density at radius 2 is 1.78 bits per heavy atom. The number of fused-ring (bicyclic) bond motifs is 4. The highest BCUT2D eigenvalue weighted by Gasteiger charge is 2.22. The maximum absolute atomic E-state index is 13.0. The first kappa shape index (κ1) is 34.7. The number of rotatable bonds is 4. The first-order valence-electron chi connectivity index (χ1n) is 17.7. The lowest BCUT2D eigenvalue weighted by Crippen LogP contribution is -2.25. The molecule has 248 valence electrons. The molecule has 4 atom stereocenters. The Bertz CT molecular complexity index is 1360. The molecule has 2 bridgehead atoms. The first-order valence-corrected chi connectivity index (χ1v) is 18.5. The summed E-state index contributed by atoms with van der Waals surface area (Å²) in [7, 11) is 0. The Kier molecular flexibility index (Phi) is 13.2. The molecule has 2 fully saturated rings. The molecule has 1 saturated carbocycles. The number of hydrogen-bond donors (Lipinski definition) is 3. The number of pyridine rings is 1. The maximum Gasteiger partial charge on any atom is 0.255 e. The van der Waals surface area contributed by atoms with Crippen LogP contribution in [0.1, 0.15) is 125 Å². The van der Waals surface area contributed by atoms with E-state index < -0.39 is 0 Å². The van der Waals surface area contributed by atoms with Gasteiger partial charge in [0, 0.05) is 59.2 Å². The lowest BCUT2D eigenvalue weighted by molar-refractivity contribution is 0.102. The zero-order valence-electron chi connectivity index (χ0n) is 27.7. The molecule has 3 aliphatic rings. The number of alkyl halides is 1. The molecular weight excluding hydrogens is 636 g/mol. The fraction of sp³-hybridized carbons (Fsp3) is 0.590. The molecule has 46 heavy (non-hydrogen) atoms. The normalized spacial score (nSPS) is 28.1. The van der Waals surface area contributed by atoms with Crippen molar-refractivity contribution in [2.24, 2.45) is 5.92 Å². The van der Waals surface area contributed by atoms with E-state index in [1.165, 1.54) is 83.5 Å².